The summed E-state index contributed by atoms with van der Waals surface area (Å²) in [5.41, 5.74) is 2.45. The smallest absolute Gasteiger partial charge is 0.263 e. The standard InChI is InChI=1S/C27H26N2O3S2/c1-3-27(2)14-20-22(16-32-27)34-24-23(20)25(31)29(15-18-10-6-4-7-11-18)26(28-24)33-17-21(30)19-12-8-5-9-13-19/h4-13H,3,14-17H2,1-2H3. The first-order valence-electron chi connectivity index (χ1n) is 11.4. The van der Waals surface area contributed by atoms with Crippen LogP contribution in [-0.4, -0.2) is 26.7 Å². The van der Waals surface area contributed by atoms with Crippen LogP contribution in [0.25, 0.3) is 10.2 Å². The number of hydrogen-bond acceptors (Lipinski definition) is 6. The van der Waals surface area contributed by atoms with Gasteiger partial charge in [-0.2, -0.15) is 0 Å². The number of ether oxygens (including phenoxy) is 1. The summed E-state index contributed by atoms with van der Waals surface area (Å²) in [4.78, 5) is 33.4. The summed E-state index contributed by atoms with van der Waals surface area (Å²) in [7, 11) is 0. The molecule has 0 radical (unpaired) electrons. The second kappa shape index (κ2) is 9.49. The van der Waals surface area contributed by atoms with Crippen LogP contribution >= 0.6 is 23.1 Å². The van der Waals surface area contributed by atoms with Gasteiger partial charge in [0.15, 0.2) is 10.9 Å². The highest BCUT2D eigenvalue weighted by Crippen LogP contribution is 2.39. The first-order valence-corrected chi connectivity index (χ1v) is 13.2. The largest absolute Gasteiger partial charge is 0.369 e. The van der Waals surface area contributed by atoms with Gasteiger partial charge in [0.2, 0.25) is 0 Å². The van der Waals surface area contributed by atoms with E-state index in [1.165, 1.54) is 23.1 Å². The number of aromatic nitrogens is 2. The van der Waals surface area contributed by atoms with Crippen molar-refractivity contribution in [3.8, 4) is 0 Å². The molecule has 1 aliphatic rings. The Bertz CT molecular complexity index is 1400. The first-order chi connectivity index (χ1) is 16.5. The van der Waals surface area contributed by atoms with Gasteiger partial charge >= 0.3 is 0 Å². The lowest BCUT2D eigenvalue weighted by molar-refractivity contribution is -0.0543. The van der Waals surface area contributed by atoms with Crippen LogP contribution in [0.5, 0.6) is 0 Å². The zero-order chi connectivity index (χ0) is 23.7. The predicted molar refractivity (Wildman–Crippen MR) is 138 cm³/mol. The molecule has 0 fully saturated rings. The van der Waals surface area contributed by atoms with E-state index in [0.717, 1.165) is 27.3 Å². The second-order valence-corrected chi connectivity index (χ2v) is 10.8. The van der Waals surface area contributed by atoms with E-state index < -0.39 is 0 Å². The van der Waals surface area contributed by atoms with Crippen molar-refractivity contribution in [2.24, 2.45) is 0 Å². The average Bonchev–Trinajstić information content (AvgIpc) is 3.23. The molecule has 0 spiro atoms. The Morgan fingerprint density at radius 3 is 2.56 bits per heavy atom. The lowest BCUT2D eigenvalue weighted by Gasteiger charge is -2.32. The Balaban J connectivity index is 1.57. The topological polar surface area (TPSA) is 61.2 Å². The summed E-state index contributed by atoms with van der Waals surface area (Å²) in [6, 6.07) is 19.1. The van der Waals surface area contributed by atoms with Gasteiger partial charge < -0.3 is 4.74 Å². The van der Waals surface area contributed by atoms with Crippen molar-refractivity contribution in [3.63, 3.8) is 0 Å². The Morgan fingerprint density at radius 2 is 1.85 bits per heavy atom. The van der Waals surface area contributed by atoms with Crippen LogP contribution in [0.2, 0.25) is 0 Å². The third-order valence-corrected chi connectivity index (χ3v) is 8.50. The third kappa shape index (κ3) is 4.48. The SMILES string of the molecule is CCC1(C)Cc2c(sc3nc(SCC(=O)c4ccccc4)n(Cc4ccccc4)c(=O)c23)CO1. The highest BCUT2D eigenvalue weighted by Gasteiger charge is 2.33. The molecule has 174 valence electrons. The Hall–Kier alpha value is -2.74. The number of benzene rings is 2. The number of ketones is 1. The second-order valence-electron chi connectivity index (χ2n) is 8.80. The van der Waals surface area contributed by atoms with Crippen LogP contribution in [0.3, 0.4) is 0 Å². The fourth-order valence-corrected chi connectivity index (χ4v) is 6.25. The number of thioether (sulfide) groups is 1. The maximum atomic E-state index is 13.9. The van der Waals surface area contributed by atoms with Crippen molar-refractivity contribution in [1.29, 1.82) is 0 Å². The summed E-state index contributed by atoms with van der Waals surface area (Å²) >= 11 is 2.86. The number of rotatable bonds is 7. The maximum absolute atomic E-state index is 13.9. The van der Waals surface area contributed by atoms with Crippen LogP contribution in [0.4, 0.5) is 0 Å². The van der Waals surface area contributed by atoms with E-state index in [9.17, 15) is 9.59 Å². The number of fused-ring (bicyclic) bond motifs is 3. The molecule has 3 heterocycles. The predicted octanol–water partition coefficient (Wildman–Crippen LogP) is 5.72. The summed E-state index contributed by atoms with van der Waals surface area (Å²) in [5, 5.41) is 1.28. The molecule has 1 unspecified atom stereocenters. The van der Waals surface area contributed by atoms with E-state index in [1.54, 1.807) is 4.57 Å². The number of carbonyl (C=O) groups excluding carboxylic acids is 1. The molecular weight excluding hydrogens is 464 g/mol. The number of hydrogen-bond donors (Lipinski definition) is 0. The highest BCUT2D eigenvalue weighted by molar-refractivity contribution is 7.99. The molecule has 0 saturated heterocycles. The summed E-state index contributed by atoms with van der Waals surface area (Å²) < 4.78 is 7.85. The van der Waals surface area contributed by atoms with E-state index >= 15 is 0 Å². The molecule has 0 saturated carbocycles. The van der Waals surface area contributed by atoms with E-state index in [-0.39, 0.29) is 22.7 Å². The van der Waals surface area contributed by atoms with Gasteiger partial charge in [0, 0.05) is 16.9 Å². The fraction of sp³-hybridized carbons (Fsp3) is 0.296. The van der Waals surface area contributed by atoms with Crippen LogP contribution in [-0.2, 0) is 24.3 Å². The number of carbonyl (C=O) groups is 1. The minimum Gasteiger partial charge on any atom is -0.369 e. The minimum absolute atomic E-state index is 0.0174. The molecule has 1 aliphatic heterocycles. The zero-order valence-corrected chi connectivity index (χ0v) is 20.9. The van der Waals surface area contributed by atoms with E-state index in [2.05, 4.69) is 13.8 Å². The van der Waals surface area contributed by atoms with Crippen LogP contribution in [0.15, 0.2) is 70.6 Å². The molecule has 2 aromatic heterocycles. The van der Waals surface area contributed by atoms with Gasteiger partial charge in [-0.25, -0.2) is 4.98 Å². The summed E-state index contributed by atoms with van der Waals surface area (Å²) in [6.45, 7) is 5.14. The van der Waals surface area contributed by atoms with Gasteiger partial charge in [-0.3, -0.25) is 14.2 Å². The van der Waals surface area contributed by atoms with E-state index in [0.29, 0.717) is 35.7 Å². The molecule has 0 aliphatic carbocycles. The molecule has 0 bridgehead atoms. The normalized spacial score (nSPS) is 17.6. The van der Waals surface area contributed by atoms with Gasteiger partial charge in [-0.05, 0) is 24.5 Å². The number of nitrogens with zero attached hydrogens (tertiary/aromatic N) is 2. The molecule has 34 heavy (non-hydrogen) atoms. The van der Waals surface area contributed by atoms with Gasteiger partial charge in [0.05, 0.1) is 29.9 Å². The van der Waals surface area contributed by atoms with Gasteiger partial charge in [0.1, 0.15) is 4.83 Å². The van der Waals surface area contributed by atoms with Crippen molar-refractivity contribution >= 4 is 39.1 Å². The van der Waals surface area contributed by atoms with Crippen molar-refractivity contribution < 1.29 is 9.53 Å². The monoisotopic (exact) mass is 490 g/mol. The molecule has 0 N–H and O–H groups in total. The Morgan fingerprint density at radius 1 is 1.15 bits per heavy atom. The van der Waals surface area contributed by atoms with Gasteiger partial charge in [0.25, 0.3) is 5.56 Å². The Kier molecular flexibility index (Phi) is 6.42. The van der Waals surface area contributed by atoms with Crippen LogP contribution in [0.1, 0.15) is 46.6 Å². The molecule has 1 atom stereocenters. The molecule has 5 rings (SSSR count). The quantitative estimate of drug-likeness (QED) is 0.188. The molecular formula is C27H26N2O3S2. The first kappa shape index (κ1) is 23.0. The van der Waals surface area contributed by atoms with Gasteiger partial charge in [-0.15, -0.1) is 11.3 Å². The maximum Gasteiger partial charge on any atom is 0.263 e. The van der Waals surface area contributed by atoms with Crippen LogP contribution < -0.4 is 5.56 Å². The highest BCUT2D eigenvalue weighted by atomic mass is 32.2. The summed E-state index contributed by atoms with van der Waals surface area (Å²) in [6.07, 6.45) is 1.59. The lowest BCUT2D eigenvalue weighted by atomic mass is 9.90. The molecule has 4 aromatic rings. The van der Waals surface area contributed by atoms with Crippen LogP contribution in [0, 0.1) is 0 Å². The van der Waals surface area contributed by atoms with Crippen molar-refractivity contribution in [2.75, 3.05) is 5.75 Å². The third-order valence-electron chi connectivity index (χ3n) is 6.42. The van der Waals surface area contributed by atoms with E-state index in [1.807, 2.05) is 60.7 Å². The lowest BCUT2D eigenvalue weighted by Crippen LogP contribution is -2.34. The van der Waals surface area contributed by atoms with Gasteiger partial charge in [-0.1, -0.05) is 79.3 Å². The molecule has 5 nitrogen and oxygen atoms in total. The Labute approximate surface area is 206 Å². The molecule has 7 heteroatoms. The molecule has 0 amide bonds. The summed E-state index contributed by atoms with van der Waals surface area (Å²) in [5.74, 6) is 0.238. The number of thiophene rings is 1. The van der Waals surface area contributed by atoms with Crippen molar-refractivity contribution in [1.82, 2.24) is 9.55 Å². The minimum atomic E-state index is -0.271. The van der Waals surface area contributed by atoms with Crippen molar-refractivity contribution in [3.05, 3.63) is 92.6 Å². The van der Waals surface area contributed by atoms with Crippen molar-refractivity contribution in [2.45, 2.75) is 50.6 Å². The zero-order valence-electron chi connectivity index (χ0n) is 19.2. The number of Topliss-reactive ketones (excluding diaryl/α,β-unsaturated/α-hetero) is 1. The fourth-order valence-electron chi connectivity index (χ4n) is 4.21. The average molecular weight is 491 g/mol. The van der Waals surface area contributed by atoms with E-state index in [4.69, 9.17) is 9.72 Å². The molecule has 2 aromatic carbocycles.